The Morgan fingerprint density at radius 2 is 1.75 bits per heavy atom. The molecule has 1 aliphatic heterocycles. The van der Waals surface area contributed by atoms with Crippen molar-refractivity contribution in [1.82, 2.24) is 0 Å². The Labute approximate surface area is 94.4 Å². The molecule has 86 valence electrons. The minimum absolute atomic E-state index is 0.418. The minimum Gasteiger partial charge on any atom is -0.294 e. The summed E-state index contributed by atoms with van der Waals surface area (Å²) in [5.74, 6) is -0.418. The number of carbonyl (C=O) groups excluding carboxylic acids is 1. The van der Waals surface area contributed by atoms with Gasteiger partial charge in [-0.25, -0.2) is 0 Å². The van der Waals surface area contributed by atoms with E-state index in [1.807, 2.05) is 0 Å². The van der Waals surface area contributed by atoms with Crippen molar-refractivity contribution in [2.24, 2.45) is 0 Å². The zero-order valence-corrected chi connectivity index (χ0v) is 9.82. The van der Waals surface area contributed by atoms with Crippen LogP contribution in [0.15, 0.2) is 30.3 Å². The molecule has 0 spiro atoms. The predicted molar refractivity (Wildman–Crippen MR) is 58.3 cm³/mol. The van der Waals surface area contributed by atoms with E-state index in [9.17, 15) is 13.2 Å². The van der Waals surface area contributed by atoms with Gasteiger partial charge in [0.25, 0.3) is 10.1 Å². The number of Topliss-reactive ketones (excluding diaryl/α,β-unsaturated/α-hetero) is 1. The lowest BCUT2D eigenvalue weighted by molar-refractivity contribution is -0.127. The second kappa shape index (κ2) is 3.40. The molecule has 0 radical (unpaired) electrons. The van der Waals surface area contributed by atoms with Crippen LogP contribution in [0, 0.1) is 0 Å². The molecule has 1 saturated heterocycles. The van der Waals surface area contributed by atoms with Gasteiger partial charge in [-0.15, -0.1) is 0 Å². The molecule has 5 heteroatoms. The summed E-state index contributed by atoms with van der Waals surface area (Å²) in [7, 11) is -3.85. The quantitative estimate of drug-likeness (QED) is 0.697. The molecular formula is C11H12O4S. The topological polar surface area (TPSA) is 60.4 Å². The third-order valence-corrected chi connectivity index (χ3v) is 4.26. The highest BCUT2D eigenvalue weighted by molar-refractivity contribution is 7.88. The van der Waals surface area contributed by atoms with Crippen LogP contribution in [0.4, 0.5) is 0 Å². The second-order valence-corrected chi connectivity index (χ2v) is 5.87. The molecule has 2 rings (SSSR count). The molecule has 0 bridgehead atoms. The van der Waals surface area contributed by atoms with Crippen LogP contribution in [0.2, 0.25) is 0 Å². The maximum absolute atomic E-state index is 11.9. The Morgan fingerprint density at radius 1 is 1.19 bits per heavy atom. The number of benzene rings is 1. The number of ketones is 1. The highest BCUT2D eigenvalue weighted by Gasteiger charge is 2.53. The van der Waals surface area contributed by atoms with Gasteiger partial charge in [-0.2, -0.15) is 8.42 Å². The van der Waals surface area contributed by atoms with E-state index in [1.54, 1.807) is 30.3 Å². The first-order valence-corrected chi connectivity index (χ1v) is 6.35. The molecule has 1 aromatic rings. The number of rotatable bonds is 1. The molecule has 0 amide bonds. The fourth-order valence-electron chi connectivity index (χ4n) is 1.77. The predicted octanol–water partition coefficient (Wildman–Crippen LogP) is 1.44. The molecule has 1 atom stereocenters. The van der Waals surface area contributed by atoms with Crippen molar-refractivity contribution in [2.75, 3.05) is 0 Å². The summed E-state index contributed by atoms with van der Waals surface area (Å²) in [4.78, 5) is 11.9. The van der Waals surface area contributed by atoms with E-state index in [1.165, 1.54) is 13.8 Å². The van der Waals surface area contributed by atoms with Crippen LogP contribution in [0.25, 0.3) is 0 Å². The molecule has 1 aromatic carbocycles. The summed E-state index contributed by atoms with van der Waals surface area (Å²) in [5, 5.41) is -1.19. The smallest absolute Gasteiger partial charge is 0.282 e. The summed E-state index contributed by atoms with van der Waals surface area (Å²) in [6.45, 7) is 2.94. The monoisotopic (exact) mass is 240 g/mol. The van der Waals surface area contributed by atoms with E-state index < -0.39 is 26.8 Å². The summed E-state index contributed by atoms with van der Waals surface area (Å²) in [6, 6.07) is 8.39. The summed E-state index contributed by atoms with van der Waals surface area (Å²) in [6.07, 6.45) is 0. The number of hydrogen-bond acceptors (Lipinski definition) is 4. The lowest BCUT2D eigenvalue weighted by atomic mass is 9.97. The first kappa shape index (κ1) is 11.3. The van der Waals surface area contributed by atoms with E-state index >= 15 is 0 Å². The molecule has 1 fully saturated rings. The van der Waals surface area contributed by atoms with Crippen molar-refractivity contribution >= 4 is 15.9 Å². The molecular weight excluding hydrogens is 228 g/mol. The van der Waals surface area contributed by atoms with Crippen LogP contribution >= 0.6 is 0 Å². The van der Waals surface area contributed by atoms with Gasteiger partial charge in [0, 0.05) is 0 Å². The highest BCUT2D eigenvalue weighted by atomic mass is 32.2. The normalized spacial score (nSPS) is 26.9. The van der Waals surface area contributed by atoms with Gasteiger partial charge in [-0.05, 0) is 19.4 Å². The van der Waals surface area contributed by atoms with Gasteiger partial charge in [0.2, 0.25) is 0 Å². The molecule has 0 saturated carbocycles. The van der Waals surface area contributed by atoms with E-state index in [2.05, 4.69) is 0 Å². The Kier molecular flexibility index (Phi) is 2.40. The molecule has 0 aromatic heterocycles. The minimum atomic E-state index is -3.85. The maximum atomic E-state index is 11.9. The van der Waals surface area contributed by atoms with Crippen LogP contribution in [-0.4, -0.2) is 19.8 Å². The van der Waals surface area contributed by atoms with Crippen molar-refractivity contribution in [2.45, 2.75) is 24.7 Å². The van der Waals surface area contributed by atoms with Crippen LogP contribution < -0.4 is 0 Å². The zero-order valence-electron chi connectivity index (χ0n) is 9.01. The van der Waals surface area contributed by atoms with Crippen molar-refractivity contribution < 1.29 is 17.4 Å². The van der Waals surface area contributed by atoms with E-state index in [0.29, 0.717) is 5.56 Å². The van der Waals surface area contributed by atoms with Crippen molar-refractivity contribution in [3.05, 3.63) is 35.9 Å². The zero-order chi connectivity index (χ0) is 12.0. The van der Waals surface area contributed by atoms with Crippen LogP contribution in [0.1, 0.15) is 24.7 Å². The SMILES string of the molecule is CC1(C)OS(=O)(=O)C(c2ccccc2)C1=O. The van der Waals surface area contributed by atoms with Crippen LogP contribution in [-0.2, 0) is 19.1 Å². The lowest BCUT2D eigenvalue weighted by Gasteiger charge is -2.11. The van der Waals surface area contributed by atoms with E-state index in [0.717, 1.165) is 0 Å². The summed E-state index contributed by atoms with van der Waals surface area (Å²) < 4.78 is 28.3. The van der Waals surface area contributed by atoms with Gasteiger partial charge in [-0.1, -0.05) is 30.3 Å². The number of carbonyl (C=O) groups is 1. The molecule has 0 N–H and O–H groups in total. The Bertz CT molecular complexity index is 516. The van der Waals surface area contributed by atoms with Gasteiger partial charge in [0.1, 0.15) is 5.60 Å². The molecule has 1 heterocycles. The average molecular weight is 240 g/mol. The van der Waals surface area contributed by atoms with E-state index in [-0.39, 0.29) is 0 Å². The molecule has 1 aliphatic rings. The Hall–Kier alpha value is -1.20. The van der Waals surface area contributed by atoms with Gasteiger partial charge in [0.05, 0.1) is 0 Å². The Morgan fingerprint density at radius 3 is 2.19 bits per heavy atom. The molecule has 16 heavy (non-hydrogen) atoms. The molecule has 4 nitrogen and oxygen atoms in total. The average Bonchev–Trinajstić information content (AvgIpc) is 2.33. The van der Waals surface area contributed by atoms with Gasteiger partial charge >= 0.3 is 0 Å². The van der Waals surface area contributed by atoms with Crippen molar-refractivity contribution in [3.63, 3.8) is 0 Å². The van der Waals surface area contributed by atoms with Gasteiger partial charge in [-0.3, -0.25) is 8.98 Å². The third-order valence-electron chi connectivity index (χ3n) is 2.55. The summed E-state index contributed by atoms with van der Waals surface area (Å²) in [5.41, 5.74) is -0.808. The van der Waals surface area contributed by atoms with Crippen LogP contribution in [0.5, 0.6) is 0 Å². The molecule has 1 unspecified atom stereocenters. The van der Waals surface area contributed by atoms with Crippen LogP contribution in [0.3, 0.4) is 0 Å². The largest absolute Gasteiger partial charge is 0.294 e. The van der Waals surface area contributed by atoms with Gasteiger partial charge < -0.3 is 0 Å². The first-order chi connectivity index (χ1) is 7.34. The first-order valence-electron chi connectivity index (χ1n) is 4.88. The fourth-order valence-corrected chi connectivity index (χ4v) is 3.57. The molecule has 0 aliphatic carbocycles. The highest BCUT2D eigenvalue weighted by Crippen LogP contribution is 2.39. The summed E-state index contributed by atoms with van der Waals surface area (Å²) >= 11 is 0. The second-order valence-electron chi connectivity index (χ2n) is 4.24. The maximum Gasteiger partial charge on any atom is 0.282 e. The Balaban J connectivity index is 2.54. The van der Waals surface area contributed by atoms with Crippen molar-refractivity contribution in [3.8, 4) is 0 Å². The number of hydrogen-bond donors (Lipinski definition) is 0. The van der Waals surface area contributed by atoms with Crippen molar-refractivity contribution in [1.29, 1.82) is 0 Å². The fraction of sp³-hybridized carbons (Fsp3) is 0.364. The third kappa shape index (κ3) is 1.66. The van der Waals surface area contributed by atoms with Gasteiger partial charge in [0.15, 0.2) is 11.0 Å². The lowest BCUT2D eigenvalue weighted by Crippen LogP contribution is -2.29. The van der Waals surface area contributed by atoms with E-state index in [4.69, 9.17) is 4.18 Å². The standard InChI is InChI=1S/C11H12O4S/c1-11(2)10(12)9(16(13,14)15-11)8-6-4-3-5-7-8/h3-7,9H,1-2H3.